The van der Waals surface area contributed by atoms with Crippen molar-refractivity contribution in [3.05, 3.63) is 82.4 Å². The molecule has 0 bridgehead atoms. The number of nitrogens with zero attached hydrogens (tertiary/aromatic N) is 4. The average Bonchev–Trinajstić information content (AvgIpc) is 3.36. The van der Waals surface area contributed by atoms with Gasteiger partial charge >= 0.3 is 11.9 Å². The van der Waals surface area contributed by atoms with E-state index in [-0.39, 0.29) is 27.9 Å². The molecule has 4 aromatic rings. The van der Waals surface area contributed by atoms with Crippen molar-refractivity contribution >= 4 is 40.5 Å². The number of halogens is 1. The lowest BCUT2D eigenvalue weighted by Gasteiger charge is -2.16. The van der Waals surface area contributed by atoms with Gasteiger partial charge in [0.2, 0.25) is 0 Å². The molecule has 36 heavy (non-hydrogen) atoms. The largest absolute Gasteiger partial charge is 0.465 e. The molecular formula is C25H17FN4O6. The number of aromatic nitrogens is 3. The third kappa shape index (κ3) is 3.40. The van der Waals surface area contributed by atoms with Crippen LogP contribution in [0.15, 0.2) is 48.7 Å². The lowest BCUT2D eigenvalue weighted by Crippen LogP contribution is -2.30. The second kappa shape index (κ2) is 8.38. The first-order valence-corrected chi connectivity index (χ1v) is 10.6. The molecule has 0 saturated carbocycles. The number of carbonyl (C=O) groups is 4. The molecule has 0 saturated heterocycles. The number of hydrogen-bond donors (Lipinski definition) is 0. The zero-order valence-electron chi connectivity index (χ0n) is 19.2. The fourth-order valence-electron chi connectivity index (χ4n) is 4.17. The van der Waals surface area contributed by atoms with E-state index in [9.17, 15) is 23.6 Å². The smallest absolute Gasteiger partial charge is 0.337 e. The van der Waals surface area contributed by atoms with Gasteiger partial charge in [0.05, 0.1) is 58.9 Å². The highest BCUT2D eigenvalue weighted by Gasteiger charge is 2.40. The summed E-state index contributed by atoms with van der Waals surface area (Å²) in [7, 11) is 2.33. The minimum Gasteiger partial charge on any atom is -0.465 e. The number of ether oxygens (including phenoxy) is 2. The maximum absolute atomic E-state index is 13.6. The molecule has 2 aromatic carbocycles. The molecule has 1 aliphatic rings. The van der Waals surface area contributed by atoms with Crippen LogP contribution in [0.2, 0.25) is 0 Å². The van der Waals surface area contributed by atoms with Crippen molar-refractivity contribution in [2.75, 3.05) is 19.1 Å². The number of fused-ring (bicyclic) bond motifs is 3. The number of pyridine rings is 1. The van der Waals surface area contributed by atoms with Gasteiger partial charge in [0.1, 0.15) is 5.82 Å². The normalized spacial score (nSPS) is 12.7. The van der Waals surface area contributed by atoms with Gasteiger partial charge < -0.3 is 9.47 Å². The number of imide groups is 1. The van der Waals surface area contributed by atoms with Crippen LogP contribution in [0.3, 0.4) is 0 Å². The van der Waals surface area contributed by atoms with Crippen LogP contribution in [-0.4, -0.2) is 52.7 Å². The summed E-state index contributed by atoms with van der Waals surface area (Å²) in [5, 5.41) is 4.80. The monoisotopic (exact) mass is 488 g/mol. The molecule has 2 amide bonds. The molecule has 0 fully saturated rings. The summed E-state index contributed by atoms with van der Waals surface area (Å²) in [6.45, 7) is 1.66. The molecule has 10 nitrogen and oxygen atoms in total. The van der Waals surface area contributed by atoms with Crippen molar-refractivity contribution in [1.82, 2.24) is 14.8 Å². The molecule has 0 N–H and O–H groups in total. The summed E-state index contributed by atoms with van der Waals surface area (Å²) >= 11 is 0. The van der Waals surface area contributed by atoms with E-state index in [4.69, 9.17) is 9.47 Å². The molecular weight excluding hydrogens is 471 g/mol. The lowest BCUT2D eigenvalue weighted by atomic mass is 10.1. The molecule has 3 heterocycles. The second-order valence-corrected chi connectivity index (χ2v) is 7.92. The van der Waals surface area contributed by atoms with Crippen molar-refractivity contribution in [3.63, 3.8) is 0 Å². The van der Waals surface area contributed by atoms with Crippen molar-refractivity contribution in [2.45, 2.75) is 6.92 Å². The van der Waals surface area contributed by atoms with E-state index in [2.05, 4.69) is 10.1 Å². The quantitative estimate of drug-likeness (QED) is 0.317. The zero-order chi connectivity index (χ0) is 25.7. The van der Waals surface area contributed by atoms with E-state index in [0.717, 1.165) is 4.90 Å². The maximum Gasteiger partial charge on any atom is 0.337 e. The van der Waals surface area contributed by atoms with E-state index in [1.807, 2.05) is 0 Å². The second-order valence-electron chi connectivity index (χ2n) is 7.92. The van der Waals surface area contributed by atoms with E-state index < -0.39 is 29.6 Å². The van der Waals surface area contributed by atoms with Gasteiger partial charge in [-0.1, -0.05) is 0 Å². The van der Waals surface area contributed by atoms with Gasteiger partial charge in [-0.05, 0) is 49.4 Å². The summed E-state index contributed by atoms with van der Waals surface area (Å²) in [6.07, 6.45) is 1.27. The number of anilines is 1. The number of esters is 2. The van der Waals surface area contributed by atoms with Crippen molar-refractivity contribution in [2.24, 2.45) is 0 Å². The maximum atomic E-state index is 13.6. The number of methoxy groups -OCH3 is 2. The molecule has 0 unspecified atom stereocenters. The van der Waals surface area contributed by atoms with Crippen molar-refractivity contribution in [1.29, 1.82) is 0 Å². The Balaban J connectivity index is 1.67. The van der Waals surface area contributed by atoms with E-state index >= 15 is 0 Å². The van der Waals surface area contributed by atoms with Gasteiger partial charge in [-0.25, -0.2) is 28.5 Å². The van der Waals surface area contributed by atoms with Gasteiger partial charge in [0.25, 0.3) is 11.8 Å². The Morgan fingerprint density at radius 3 is 2.08 bits per heavy atom. The first kappa shape index (κ1) is 22.8. The van der Waals surface area contributed by atoms with Crippen LogP contribution >= 0.6 is 0 Å². The topological polar surface area (TPSA) is 121 Å². The van der Waals surface area contributed by atoms with Gasteiger partial charge in [0, 0.05) is 6.20 Å². The highest BCUT2D eigenvalue weighted by molar-refractivity contribution is 6.37. The van der Waals surface area contributed by atoms with Gasteiger partial charge in [-0.2, -0.15) is 5.10 Å². The molecule has 2 aromatic heterocycles. The number of carbonyl (C=O) groups excluding carboxylic acids is 4. The fourth-order valence-corrected chi connectivity index (χ4v) is 4.17. The van der Waals surface area contributed by atoms with Crippen LogP contribution in [0.4, 0.5) is 10.1 Å². The number of benzene rings is 2. The van der Waals surface area contributed by atoms with Gasteiger partial charge in [-0.15, -0.1) is 0 Å². The summed E-state index contributed by atoms with van der Waals surface area (Å²) < 4.78 is 24.3. The molecule has 1 aliphatic heterocycles. The van der Waals surface area contributed by atoms with Crippen molar-refractivity contribution in [3.8, 4) is 5.69 Å². The Hall–Kier alpha value is -4.93. The summed E-state index contributed by atoms with van der Waals surface area (Å²) in [5.41, 5.74) is 1.27. The van der Waals surface area contributed by atoms with Crippen LogP contribution in [0.5, 0.6) is 0 Å². The third-order valence-electron chi connectivity index (χ3n) is 5.81. The average molecular weight is 488 g/mol. The SMILES string of the molecule is COC(=O)c1cc(C(=O)OC)cc(N2C(=O)c3cnc4c(c(C)nn4-c4ccc(F)cc4)c3C2=O)c1. The molecule has 180 valence electrons. The van der Waals surface area contributed by atoms with Gasteiger partial charge in [0.15, 0.2) is 5.65 Å². The molecule has 5 rings (SSSR count). The summed E-state index contributed by atoms with van der Waals surface area (Å²) in [5.74, 6) is -3.31. The molecule has 0 radical (unpaired) electrons. The Kier molecular flexibility index (Phi) is 5.32. The standard InChI is InChI=1S/C25H17FN4O6/c1-12-19-20-18(11-27-21(19)30(28-12)16-6-4-15(26)5-7-16)22(31)29(23(20)32)17-9-13(24(33)35-2)8-14(10-17)25(34)36-3/h4-11H,1-3H3. The fraction of sp³-hybridized carbons (Fsp3) is 0.120. The summed E-state index contributed by atoms with van der Waals surface area (Å²) in [4.78, 5) is 56.6. The number of hydrogen-bond acceptors (Lipinski definition) is 8. The first-order valence-electron chi connectivity index (χ1n) is 10.6. The Bertz CT molecular complexity index is 1580. The van der Waals surface area contributed by atoms with E-state index in [1.54, 1.807) is 6.92 Å². The predicted molar refractivity (Wildman–Crippen MR) is 124 cm³/mol. The highest BCUT2D eigenvalue weighted by atomic mass is 19.1. The number of aryl methyl sites for hydroxylation is 1. The first-order chi connectivity index (χ1) is 17.2. The summed E-state index contributed by atoms with van der Waals surface area (Å²) in [6, 6.07) is 9.38. The number of rotatable bonds is 4. The van der Waals surface area contributed by atoms with Crippen LogP contribution < -0.4 is 4.90 Å². The minimum absolute atomic E-state index is 0.0128. The molecule has 11 heteroatoms. The Morgan fingerprint density at radius 1 is 0.889 bits per heavy atom. The Morgan fingerprint density at radius 2 is 1.50 bits per heavy atom. The van der Waals surface area contributed by atoms with Crippen LogP contribution in [0.1, 0.15) is 47.1 Å². The van der Waals surface area contributed by atoms with E-state index in [1.165, 1.54) is 67.6 Å². The molecule has 0 spiro atoms. The molecule has 0 atom stereocenters. The van der Waals surface area contributed by atoms with E-state index in [0.29, 0.717) is 22.4 Å². The lowest BCUT2D eigenvalue weighted by molar-refractivity contribution is 0.0597. The third-order valence-corrected chi connectivity index (χ3v) is 5.81. The van der Waals surface area contributed by atoms with Crippen LogP contribution in [0, 0.1) is 12.7 Å². The van der Waals surface area contributed by atoms with Crippen LogP contribution in [0.25, 0.3) is 16.7 Å². The van der Waals surface area contributed by atoms with Crippen molar-refractivity contribution < 1.29 is 33.0 Å². The minimum atomic E-state index is -0.765. The highest BCUT2D eigenvalue weighted by Crippen LogP contribution is 2.35. The molecule has 0 aliphatic carbocycles. The zero-order valence-corrected chi connectivity index (χ0v) is 19.2. The van der Waals surface area contributed by atoms with Crippen LogP contribution in [-0.2, 0) is 9.47 Å². The predicted octanol–water partition coefficient (Wildman–Crippen LogP) is 3.24. The Labute approximate surface area is 202 Å². The number of amides is 2. The van der Waals surface area contributed by atoms with Gasteiger partial charge in [-0.3, -0.25) is 9.59 Å².